The molecule has 0 saturated heterocycles. The lowest BCUT2D eigenvalue weighted by Gasteiger charge is -2.12. The zero-order chi connectivity index (χ0) is 14.4. The molecule has 0 heterocycles. The van der Waals surface area contributed by atoms with Crippen molar-refractivity contribution in [1.82, 2.24) is 0 Å². The predicted octanol–water partition coefficient (Wildman–Crippen LogP) is 2.84. The number of rotatable bonds is 6. The standard InChI is InChI=1S/C15H20O4/c1-5-13(16)12-7-10(3)11(4)8-14(12)19-9-15(17)18-6-2/h7-8H,5-6,9H2,1-4H3. The Morgan fingerprint density at radius 2 is 1.74 bits per heavy atom. The van der Waals surface area contributed by atoms with Gasteiger partial charge in [0.05, 0.1) is 12.2 Å². The van der Waals surface area contributed by atoms with Crippen LogP contribution in [0.2, 0.25) is 0 Å². The molecule has 0 spiro atoms. The average Bonchev–Trinajstić information content (AvgIpc) is 2.39. The lowest BCUT2D eigenvalue weighted by atomic mass is 10.0. The van der Waals surface area contributed by atoms with Gasteiger partial charge in [0.2, 0.25) is 0 Å². The maximum atomic E-state index is 11.9. The summed E-state index contributed by atoms with van der Waals surface area (Å²) in [6.07, 6.45) is 0.401. The van der Waals surface area contributed by atoms with E-state index in [2.05, 4.69) is 0 Å². The Morgan fingerprint density at radius 1 is 1.11 bits per heavy atom. The van der Waals surface area contributed by atoms with Gasteiger partial charge in [-0.2, -0.15) is 0 Å². The Hall–Kier alpha value is -1.84. The first-order valence-corrected chi connectivity index (χ1v) is 6.42. The number of aryl methyl sites for hydroxylation is 2. The molecule has 0 aromatic heterocycles. The number of hydrogen-bond donors (Lipinski definition) is 0. The van der Waals surface area contributed by atoms with Crippen LogP contribution in [0.4, 0.5) is 0 Å². The van der Waals surface area contributed by atoms with Crippen molar-refractivity contribution in [2.24, 2.45) is 0 Å². The molecule has 1 aromatic rings. The van der Waals surface area contributed by atoms with E-state index in [9.17, 15) is 9.59 Å². The Balaban J connectivity index is 2.94. The van der Waals surface area contributed by atoms with Gasteiger partial charge in [-0.3, -0.25) is 4.79 Å². The topological polar surface area (TPSA) is 52.6 Å². The first-order chi connectivity index (χ1) is 8.99. The minimum absolute atomic E-state index is 0.00181. The number of Topliss-reactive ketones (excluding diaryl/α,β-unsaturated/α-hetero) is 1. The van der Waals surface area contributed by atoms with Crippen LogP contribution in [0.3, 0.4) is 0 Å². The van der Waals surface area contributed by atoms with Gasteiger partial charge in [-0.1, -0.05) is 6.92 Å². The second kappa shape index (κ2) is 6.92. The zero-order valence-electron chi connectivity index (χ0n) is 11.9. The van der Waals surface area contributed by atoms with Crippen LogP contribution in [0.25, 0.3) is 0 Å². The quantitative estimate of drug-likeness (QED) is 0.585. The highest BCUT2D eigenvalue weighted by Gasteiger charge is 2.14. The smallest absolute Gasteiger partial charge is 0.344 e. The molecule has 1 aromatic carbocycles. The van der Waals surface area contributed by atoms with E-state index < -0.39 is 5.97 Å². The second-order valence-corrected chi connectivity index (χ2v) is 4.30. The van der Waals surface area contributed by atoms with Crippen molar-refractivity contribution >= 4 is 11.8 Å². The van der Waals surface area contributed by atoms with Crippen LogP contribution < -0.4 is 4.74 Å². The van der Waals surface area contributed by atoms with E-state index in [-0.39, 0.29) is 12.4 Å². The number of benzene rings is 1. The molecule has 0 atom stereocenters. The van der Waals surface area contributed by atoms with Crippen molar-refractivity contribution in [3.8, 4) is 5.75 Å². The molecule has 0 aliphatic heterocycles. The molecule has 0 unspecified atom stereocenters. The van der Waals surface area contributed by atoms with Crippen LogP contribution in [-0.4, -0.2) is 25.0 Å². The van der Waals surface area contributed by atoms with Crippen molar-refractivity contribution in [1.29, 1.82) is 0 Å². The van der Waals surface area contributed by atoms with E-state index in [4.69, 9.17) is 9.47 Å². The summed E-state index contributed by atoms with van der Waals surface area (Å²) in [5, 5.41) is 0. The summed E-state index contributed by atoms with van der Waals surface area (Å²) in [5.74, 6) is 0.0144. The van der Waals surface area contributed by atoms with Crippen molar-refractivity contribution in [3.63, 3.8) is 0 Å². The summed E-state index contributed by atoms with van der Waals surface area (Å²) < 4.78 is 10.2. The van der Waals surface area contributed by atoms with Crippen LogP contribution in [0.15, 0.2) is 12.1 Å². The second-order valence-electron chi connectivity index (χ2n) is 4.30. The third-order valence-electron chi connectivity index (χ3n) is 2.87. The molecule has 0 radical (unpaired) electrons. The maximum absolute atomic E-state index is 11.9. The zero-order valence-corrected chi connectivity index (χ0v) is 11.9. The van der Waals surface area contributed by atoms with E-state index in [0.29, 0.717) is 24.3 Å². The van der Waals surface area contributed by atoms with Crippen LogP contribution in [0.1, 0.15) is 41.8 Å². The van der Waals surface area contributed by atoms with Crippen LogP contribution >= 0.6 is 0 Å². The van der Waals surface area contributed by atoms with E-state index in [1.54, 1.807) is 19.9 Å². The van der Waals surface area contributed by atoms with Crippen molar-refractivity contribution in [2.75, 3.05) is 13.2 Å². The Bertz CT molecular complexity index is 477. The fourth-order valence-corrected chi connectivity index (χ4v) is 1.66. The predicted molar refractivity (Wildman–Crippen MR) is 72.7 cm³/mol. The third kappa shape index (κ3) is 4.09. The molecule has 0 fully saturated rings. The summed E-state index contributed by atoms with van der Waals surface area (Å²) in [4.78, 5) is 23.2. The van der Waals surface area contributed by atoms with Gasteiger partial charge in [-0.15, -0.1) is 0 Å². The molecule has 0 N–H and O–H groups in total. The van der Waals surface area contributed by atoms with Gasteiger partial charge in [-0.05, 0) is 44.0 Å². The highest BCUT2D eigenvalue weighted by Crippen LogP contribution is 2.24. The normalized spacial score (nSPS) is 10.1. The number of carbonyl (C=O) groups is 2. The Labute approximate surface area is 113 Å². The SMILES string of the molecule is CCOC(=O)COc1cc(C)c(C)cc1C(=O)CC. The summed E-state index contributed by atoms with van der Waals surface area (Å²) in [6.45, 7) is 7.55. The summed E-state index contributed by atoms with van der Waals surface area (Å²) >= 11 is 0. The number of esters is 1. The fraction of sp³-hybridized carbons (Fsp3) is 0.467. The van der Waals surface area contributed by atoms with Gasteiger partial charge in [0.25, 0.3) is 0 Å². The fourth-order valence-electron chi connectivity index (χ4n) is 1.66. The van der Waals surface area contributed by atoms with Crippen LogP contribution in [-0.2, 0) is 9.53 Å². The molecule has 4 heteroatoms. The minimum Gasteiger partial charge on any atom is -0.481 e. The molecular formula is C15H20O4. The molecule has 0 aliphatic rings. The Kier molecular flexibility index (Phi) is 5.55. The first kappa shape index (κ1) is 15.2. The van der Waals surface area contributed by atoms with Crippen LogP contribution in [0, 0.1) is 13.8 Å². The summed E-state index contributed by atoms with van der Waals surface area (Å²) in [6, 6.07) is 3.60. The van der Waals surface area contributed by atoms with Gasteiger partial charge in [-0.25, -0.2) is 4.79 Å². The third-order valence-corrected chi connectivity index (χ3v) is 2.87. The van der Waals surface area contributed by atoms with Crippen LogP contribution in [0.5, 0.6) is 5.75 Å². The monoisotopic (exact) mass is 264 g/mol. The van der Waals surface area contributed by atoms with E-state index in [0.717, 1.165) is 11.1 Å². The molecule has 4 nitrogen and oxygen atoms in total. The number of ether oxygens (including phenoxy) is 2. The Morgan fingerprint density at radius 3 is 2.32 bits per heavy atom. The highest BCUT2D eigenvalue weighted by molar-refractivity contribution is 5.98. The molecule has 0 amide bonds. The average molecular weight is 264 g/mol. The maximum Gasteiger partial charge on any atom is 0.344 e. The highest BCUT2D eigenvalue weighted by atomic mass is 16.6. The molecule has 19 heavy (non-hydrogen) atoms. The van der Waals surface area contributed by atoms with E-state index in [1.165, 1.54) is 0 Å². The minimum atomic E-state index is -0.435. The lowest BCUT2D eigenvalue weighted by Crippen LogP contribution is -2.16. The number of ketones is 1. The van der Waals surface area contributed by atoms with Gasteiger partial charge in [0.1, 0.15) is 5.75 Å². The largest absolute Gasteiger partial charge is 0.481 e. The molecule has 104 valence electrons. The van der Waals surface area contributed by atoms with Crippen molar-refractivity contribution in [3.05, 3.63) is 28.8 Å². The van der Waals surface area contributed by atoms with Gasteiger partial charge >= 0.3 is 5.97 Å². The first-order valence-electron chi connectivity index (χ1n) is 6.42. The molecular weight excluding hydrogens is 244 g/mol. The lowest BCUT2D eigenvalue weighted by molar-refractivity contribution is -0.145. The van der Waals surface area contributed by atoms with E-state index in [1.807, 2.05) is 19.9 Å². The van der Waals surface area contributed by atoms with Crippen molar-refractivity contribution in [2.45, 2.75) is 34.1 Å². The molecule has 0 saturated carbocycles. The van der Waals surface area contributed by atoms with Crippen molar-refractivity contribution < 1.29 is 19.1 Å². The summed E-state index contributed by atoms with van der Waals surface area (Å²) in [5.41, 5.74) is 2.57. The summed E-state index contributed by atoms with van der Waals surface area (Å²) in [7, 11) is 0. The van der Waals surface area contributed by atoms with E-state index >= 15 is 0 Å². The number of carbonyl (C=O) groups excluding carboxylic acids is 2. The van der Waals surface area contributed by atoms with Gasteiger partial charge < -0.3 is 9.47 Å². The van der Waals surface area contributed by atoms with Gasteiger partial charge in [0.15, 0.2) is 12.4 Å². The number of hydrogen-bond acceptors (Lipinski definition) is 4. The molecule has 0 aliphatic carbocycles. The van der Waals surface area contributed by atoms with Gasteiger partial charge in [0, 0.05) is 6.42 Å². The molecule has 0 bridgehead atoms. The molecule has 1 rings (SSSR count).